The van der Waals surface area contributed by atoms with Gasteiger partial charge in [0.2, 0.25) is 0 Å². The molecule has 0 aliphatic heterocycles. The standard InChI is InChI=1S/C16H8F6O4/c17-15(18,19)12-5-8(14(24)25)1-3-10(12)11-4-2-9(26-7-23)6-13(11)16(20,21)22/h1-7H,(H,24,25). The molecule has 10 heteroatoms. The van der Waals surface area contributed by atoms with Crippen LogP contribution in [-0.2, 0) is 17.1 Å². The van der Waals surface area contributed by atoms with Crippen molar-refractivity contribution in [1.29, 1.82) is 0 Å². The Balaban J connectivity index is 2.79. The zero-order valence-electron chi connectivity index (χ0n) is 12.5. The van der Waals surface area contributed by atoms with E-state index < -0.39 is 51.9 Å². The van der Waals surface area contributed by atoms with Gasteiger partial charge in [-0.1, -0.05) is 12.1 Å². The van der Waals surface area contributed by atoms with Crippen molar-refractivity contribution in [2.45, 2.75) is 12.4 Å². The summed E-state index contributed by atoms with van der Waals surface area (Å²) in [4.78, 5) is 21.1. The van der Waals surface area contributed by atoms with E-state index in [1.807, 2.05) is 0 Å². The van der Waals surface area contributed by atoms with Gasteiger partial charge in [-0.2, -0.15) is 26.3 Å². The fourth-order valence-corrected chi connectivity index (χ4v) is 2.27. The summed E-state index contributed by atoms with van der Waals surface area (Å²) in [5, 5.41) is 8.82. The van der Waals surface area contributed by atoms with Crippen molar-refractivity contribution in [3.8, 4) is 16.9 Å². The minimum Gasteiger partial charge on any atom is -0.478 e. The van der Waals surface area contributed by atoms with Gasteiger partial charge in [-0.05, 0) is 35.4 Å². The molecule has 138 valence electrons. The van der Waals surface area contributed by atoms with E-state index >= 15 is 0 Å². The summed E-state index contributed by atoms with van der Waals surface area (Å²) in [6.07, 6.45) is -10.1. The van der Waals surface area contributed by atoms with Crippen molar-refractivity contribution in [2.75, 3.05) is 0 Å². The number of rotatable bonds is 4. The van der Waals surface area contributed by atoms with Gasteiger partial charge in [0.25, 0.3) is 6.47 Å². The highest BCUT2D eigenvalue weighted by Crippen LogP contribution is 2.44. The molecule has 0 aromatic heterocycles. The SMILES string of the molecule is O=COc1ccc(-c2ccc(C(=O)O)cc2C(F)(F)F)c(C(F)(F)F)c1. The van der Waals surface area contributed by atoms with Gasteiger partial charge < -0.3 is 9.84 Å². The van der Waals surface area contributed by atoms with Crippen LogP contribution in [0.5, 0.6) is 5.75 Å². The van der Waals surface area contributed by atoms with Crippen molar-refractivity contribution >= 4 is 12.4 Å². The molecule has 0 amide bonds. The van der Waals surface area contributed by atoms with Crippen LogP contribution in [0.1, 0.15) is 21.5 Å². The third kappa shape index (κ3) is 3.95. The lowest BCUT2D eigenvalue weighted by Gasteiger charge is -2.18. The zero-order chi connectivity index (χ0) is 19.7. The molecule has 0 atom stereocenters. The molecule has 0 aliphatic rings. The predicted octanol–water partition coefficient (Wildman–Crippen LogP) is 4.62. The Morgan fingerprint density at radius 1 is 0.885 bits per heavy atom. The van der Waals surface area contributed by atoms with Gasteiger partial charge in [-0.15, -0.1) is 0 Å². The lowest BCUT2D eigenvalue weighted by molar-refractivity contribution is -0.139. The third-order valence-electron chi connectivity index (χ3n) is 3.34. The highest BCUT2D eigenvalue weighted by atomic mass is 19.4. The minimum atomic E-state index is -5.10. The van der Waals surface area contributed by atoms with Crippen LogP contribution >= 0.6 is 0 Å². The number of alkyl halides is 6. The number of carbonyl (C=O) groups excluding carboxylic acids is 1. The van der Waals surface area contributed by atoms with E-state index in [1.165, 1.54) is 0 Å². The molecule has 0 saturated heterocycles. The molecule has 0 radical (unpaired) electrons. The summed E-state index contributed by atoms with van der Waals surface area (Å²) < 4.78 is 83.9. The summed E-state index contributed by atoms with van der Waals surface area (Å²) in [6.45, 7) is -0.127. The molecular weight excluding hydrogens is 370 g/mol. The van der Waals surface area contributed by atoms with Crippen LogP contribution in [0.15, 0.2) is 36.4 Å². The Bertz CT molecular complexity index is 855. The molecule has 2 aromatic carbocycles. The second kappa shape index (κ2) is 6.70. The van der Waals surface area contributed by atoms with E-state index in [-0.39, 0.29) is 12.5 Å². The topological polar surface area (TPSA) is 63.6 Å². The summed E-state index contributed by atoms with van der Waals surface area (Å²) in [5.74, 6) is -2.17. The number of carbonyl (C=O) groups is 2. The molecule has 1 N–H and O–H groups in total. The first-order chi connectivity index (χ1) is 11.9. The summed E-state index contributed by atoms with van der Waals surface area (Å²) in [5.41, 5.74) is -5.42. The van der Waals surface area contributed by atoms with Crippen LogP contribution in [0, 0.1) is 0 Å². The first-order valence-corrected chi connectivity index (χ1v) is 6.71. The summed E-state index contributed by atoms with van der Waals surface area (Å²) >= 11 is 0. The molecule has 0 bridgehead atoms. The third-order valence-corrected chi connectivity index (χ3v) is 3.34. The lowest BCUT2D eigenvalue weighted by atomic mass is 9.93. The van der Waals surface area contributed by atoms with E-state index in [4.69, 9.17) is 5.11 Å². The van der Waals surface area contributed by atoms with Crippen molar-refractivity contribution in [2.24, 2.45) is 0 Å². The number of aromatic carboxylic acids is 1. The average Bonchev–Trinajstić information content (AvgIpc) is 2.53. The van der Waals surface area contributed by atoms with E-state index in [0.717, 1.165) is 12.1 Å². The maximum absolute atomic E-state index is 13.3. The van der Waals surface area contributed by atoms with Crippen LogP contribution in [0.25, 0.3) is 11.1 Å². The Hall–Kier alpha value is -3.04. The fourth-order valence-electron chi connectivity index (χ4n) is 2.27. The number of benzene rings is 2. The minimum absolute atomic E-state index is 0.127. The lowest BCUT2D eigenvalue weighted by Crippen LogP contribution is -2.13. The fraction of sp³-hybridized carbons (Fsp3) is 0.125. The van der Waals surface area contributed by atoms with Crippen molar-refractivity contribution in [1.82, 2.24) is 0 Å². The van der Waals surface area contributed by atoms with Crippen LogP contribution in [0.2, 0.25) is 0 Å². The number of hydrogen-bond acceptors (Lipinski definition) is 3. The number of ether oxygens (including phenoxy) is 1. The molecule has 26 heavy (non-hydrogen) atoms. The van der Waals surface area contributed by atoms with Gasteiger partial charge in [0.1, 0.15) is 5.75 Å². The highest BCUT2D eigenvalue weighted by molar-refractivity contribution is 5.89. The molecule has 0 spiro atoms. The van der Waals surface area contributed by atoms with Crippen LogP contribution in [-0.4, -0.2) is 17.5 Å². The van der Waals surface area contributed by atoms with Crippen molar-refractivity contribution in [3.63, 3.8) is 0 Å². The van der Waals surface area contributed by atoms with Gasteiger partial charge in [0, 0.05) is 0 Å². The Kier molecular flexibility index (Phi) is 4.97. The van der Waals surface area contributed by atoms with Gasteiger partial charge in [-0.3, -0.25) is 4.79 Å². The average molecular weight is 378 g/mol. The maximum atomic E-state index is 13.3. The number of carboxylic acids is 1. The van der Waals surface area contributed by atoms with Crippen LogP contribution in [0.3, 0.4) is 0 Å². The molecule has 0 saturated carbocycles. The molecule has 4 nitrogen and oxygen atoms in total. The molecule has 2 rings (SSSR count). The van der Waals surface area contributed by atoms with Gasteiger partial charge in [-0.25, -0.2) is 4.79 Å². The van der Waals surface area contributed by atoms with E-state index in [1.54, 1.807) is 0 Å². The summed E-state index contributed by atoms with van der Waals surface area (Å²) in [7, 11) is 0. The Morgan fingerprint density at radius 3 is 1.85 bits per heavy atom. The van der Waals surface area contributed by atoms with Gasteiger partial charge >= 0.3 is 18.3 Å². The first kappa shape index (κ1) is 19.3. The monoisotopic (exact) mass is 378 g/mol. The van der Waals surface area contributed by atoms with E-state index in [2.05, 4.69) is 4.74 Å². The highest BCUT2D eigenvalue weighted by Gasteiger charge is 2.39. The van der Waals surface area contributed by atoms with Crippen LogP contribution in [0.4, 0.5) is 26.3 Å². The van der Waals surface area contributed by atoms with Crippen molar-refractivity contribution in [3.05, 3.63) is 53.1 Å². The normalized spacial score (nSPS) is 11.9. The molecule has 0 heterocycles. The van der Waals surface area contributed by atoms with Gasteiger partial charge in [0.15, 0.2) is 0 Å². The zero-order valence-corrected chi connectivity index (χ0v) is 12.5. The number of halogens is 6. The molecule has 0 aliphatic carbocycles. The van der Waals surface area contributed by atoms with Crippen molar-refractivity contribution < 1.29 is 45.8 Å². The second-order valence-corrected chi connectivity index (χ2v) is 4.98. The summed E-state index contributed by atoms with van der Waals surface area (Å²) in [6, 6.07) is 3.67. The smallest absolute Gasteiger partial charge is 0.417 e. The van der Waals surface area contributed by atoms with Crippen LogP contribution < -0.4 is 4.74 Å². The Labute approximate surface area is 141 Å². The molecular formula is C16H8F6O4. The maximum Gasteiger partial charge on any atom is 0.417 e. The molecule has 0 fully saturated rings. The largest absolute Gasteiger partial charge is 0.478 e. The molecule has 0 unspecified atom stereocenters. The quantitative estimate of drug-likeness (QED) is 0.623. The molecule has 2 aromatic rings. The first-order valence-electron chi connectivity index (χ1n) is 6.71. The Morgan fingerprint density at radius 2 is 1.38 bits per heavy atom. The number of carboxylic acid groups (broad SMARTS) is 1. The van der Waals surface area contributed by atoms with E-state index in [0.29, 0.717) is 18.2 Å². The van der Waals surface area contributed by atoms with E-state index in [9.17, 15) is 35.9 Å². The number of hydrogen-bond donors (Lipinski definition) is 1. The van der Waals surface area contributed by atoms with Gasteiger partial charge in [0.05, 0.1) is 16.7 Å². The predicted molar refractivity (Wildman–Crippen MR) is 75.5 cm³/mol. The second-order valence-electron chi connectivity index (χ2n) is 4.98.